The lowest BCUT2D eigenvalue weighted by atomic mass is 10.2. The van der Waals surface area contributed by atoms with Gasteiger partial charge < -0.3 is 26.2 Å². The highest BCUT2D eigenvalue weighted by atomic mass is 32.1. The Bertz CT molecular complexity index is 559. The van der Waals surface area contributed by atoms with E-state index in [0.717, 1.165) is 0 Å². The highest BCUT2D eigenvalue weighted by molar-refractivity contribution is 7.18. The van der Waals surface area contributed by atoms with Gasteiger partial charge in [-0.05, 0) is 0 Å². The predicted molar refractivity (Wildman–Crippen MR) is 75.9 cm³/mol. The molecule has 9 heteroatoms. The molecule has 0 bridgehead atoms. The van der Waals surface area contributed by atoms with Crippen LogP contribution in [0.5, 0.6) is 0 Å². The molecular formula is C11H16N6O2S. The number of carbonyl (C=O) groups is 2. The van der Waals surface area contributed by atoms with E-state index in [9.17, 15) is 9.59 Å². The van der Waals surface area contributed by atoms with Crippen LogP contribution in [0.15, 0.2) is 0 Å². The summed E-state index contributed by atoms with van der Waals surface area (Å²) in [6, 6.07) is 0.00925. The van der Waals surface area contributed by atoms with Crippen LogP contribution in [0.2, 0.25) is 0 Å². The number of nitrogen functional groups attached to an aromatic ring is 1. The van der Waals surface area contributed by atoms with E-state index in [1.54, 1.807) is 16.8 Å². The minimum absolute atomic E-state index is 0.0446. The molecule has 0 radical (unpaired) electrons. The lowest BCUT2D eigenvalue weighted by Crippen LogP contribution is -2.53. The quantitative estimate of drug-likeness (QED) is 0.690. The van der Waals surface area contributed by atoms with Crippen LogP contribution in [-0.2, 0) is 0 Å². The lowest BCUT2D eigenvalue weighted by molar-refractivity contribution is 0.0622. The van der Waals surface area contributed by atoms with E-state index in [1.807, 2.05) is 0 Å². The van der Waals surface area contributed by atoms with Crippen molar-refractivity contribution in [3.8, 4) is 0 Å². The molecule has 108 valence electrons. The van der Waals surface area contributed by atoms with E-state index in [1.165, 1.54) is 11.3 Å². The summed E-state index contributed by atoms with van der Waals surface area (Å²) in [5.41, 5.74) is 5.79. The molecule has 2 fully saturated rings. The van der Waals surface area contributed by atoms with E-state index in [-0.39, 0.29) is 23.8 Å². The van der Waals surface area contributed by atoms with Gasteiger partial charge in [-0.25, -0.2) is 9.78 Å². The molecule has 2 aliphatic heterocycles. The highest BCUT2D eigenvalue weighted by Gasteiger charge is 2.37. The zero-order chi connectivity index (χ0) is 14.3. The fraction of sp³-hybridized carbons (Fsp3) is 0.545. The number of thiazole rings is 1. The van der Waals surface area contributed by atoms with Gasteiger partial charge in [-0.3, -0.25) is 4.79 Å². The third-order valence-electron chi connectivity index (χ3n) is 3.58. The third-order valence-corrected chi connectivity index (χ3v) is 4.66. The lowest BCUT2D eigenvalue weighted by Gasteiger charge is -2.36. The molecule has 2 aliphatic rings. The summed E-state index contributed by atoms with van der Waals surface area (Å²) in [5.74, 6) is 0.146. The third kappa shape index (κ3) is 2.03. The number of urea groups is 1. The Morgan fingerprint density at radius 1 is 1.55 bits per heavy atom. The zero-order valence-electron chi connectivity index (χ0n) is 11.0. The molecule has 1 atom stereocenters. The second kappa shape index (κ2) is 4.82. The van der Waals surface area contributed by atoms with Gasteiger partial charge in [-0.1, -0.05) is 11.3 Å². The average molecular weight is 296 g/mol. The second-order valence-corrected chi connectivity index (χ2v) is 5.77. The largest absolute Gasteiger partial charge is 0.382 e. The molecule has 0 aliphatic carbocycles. The molecule has 8 nitrogen and oxygen atoms in total. The summed E-state index contributed by atoms with van der Waals surface area (Å²) in [5, 5.41) is 6.30. The van der Waals surface area contributed by atoms with E-state index in [2.05, 4.69) is 15.6 Å². The number of rotatable bonds is 2. The molecule has 3 amide bonds. The van der Waals surface area contributed by atoms with Crippen LogP contribution in [-0.4, -0.2) is 66.0 Å². The number of nitrogens with two attached hydrogens (primary N) is 1. The SMILES string of the molecule is CNc1nc(N)c(C(=O)N2CCN3C(=O)NCC3C2)s1. The first kappa shape index (κ1) is 13.0. The summed E-state index contributed by atoms with van der Waals surface area (Å²) in [6.45, 7) is 2.20. The van der Waals surface area contributed by atoms with E-state index < -0.39 is 0 Å². The fourth-order valence-electron chi connectivity index (χ4n) is 2.52. The van der Waals surface area contributed by atoms with Crippen LogP contribution in [0.4, 0.5) is 15.7 Å². The average Bonchev–Trinajstić information content (AvgIpc) is 3.01. The normalized spacial score (nSPS) is 21.6. The van der Waals surface area contributed by atoms with Crippen LogP contribution >= 0.6 is 11.3 Å². The van der Waals surface area contributed by atoms with Crippen molar-refractivity contribution in [2.75, 3.05) is 44.3 Å². The molecule has 3 rings (SSSR count). The van der Waals surface area contributed by atoms with Crippen LogP contribution in [0.25, 0.3) is 0 Å². The molecule has 2 saturated heterocycles. The molecule has 1 unspecified atom stereocenters. The van der Waals surface area contributed by atoms with Gasteiger partial charge in [0, 0.05) is 33.2 Å². The number of hydrogen-bond acceptors (Lipinski definition) is 6. The molecule has 3 heterocycles. The Kier molecular flexibility index (Phi) is 3.13. The first-order chi connectivity index (χ1) is 9.60. The molecule has 20 heavy (non-hydrogen) atoms. The highest BCUT2D eigenvalue weighted by Crippen LogP contribution is 2.27. The number of nitrogens with one attached hydrogen (secondary N) is 2. The molecule has 0 spiro atoms. The summed E-state index contributed by atoms with van der Waals surface area (Å²) in [7, 11) is 1.74. The summed E-state index contributed by atoms with van der Waals surface area (Å²) in [4.78, 5) is 32.1. The van der Waals surface area contributed by atoms with Crippen molar-refractivity contribution in [3.63, 3.8) is 0 Å². The number of nitrogens with zero attached hydrogens (tertiary/aromatic N) is 3. The Morgan fingerprint density at radius 2 is 2.35 bits per heavy atom. The van der Waals surface area contributed by atoms with Crippen LogP contribution in [0.1, 0.15) is 9.67 Å². The first-order valence-electron chi connectivity index (χ1n) is 6.38. The Balaban J connectivity index is 1.75. The monoisotopic (exact) mass is 296 g/mol. The number of carbonyl (C=O) groups excluding carboxylic acids is 2. The number of piperazine rings is 1. The molecule has 0 aromatic carbocycles. The minimum atomic E-state index is -0.111. The second-order valence-electron chi connectivity index (χ2n) is 4.77. The molecule has 0 saturated carbocycles. The van der Waals surface area contributed by atoms with Gasteiger partial charge >= 0.3 is 6.03 Å². The molecule has 1 aromatic heterocycles. The Morgan fingerprint density at radius 3 is 3.05 bits per heavy atom. The van der Waals surface area contributed by atoms with Crippen molar-refractivity contribution < 1.29 is 9.59 Å². The zero-order valence-corrected chi connectivity index (χ0v) is 11.9. The molecular weight excluding hydrogens is 280 g/mol. The Hall–Kier alpha value is -2.03. The maximum absolute atomic E-state index is 12.5. The standard InChI is InChI=1S/C11H16N6O2S/c1-13-10-15-8(12)7(20-10)9(18)16-2-3-17-6(5-16)4-14-11(17)19/h6H,2-5,12H2,1H3,(H,13,15)(H,14,19). The van der Waals surface area contributed by atoms with Crippen LogP contribution < -0.4 is 16.4 Å². The summed E-state index contributed by atoms with van der Waals surface area (Å²) in [6.07, 6.45) is 0. The topological polar surface area (TPSA) is 104 Å². The first-order valence-corrected chi connectivity index (χ1v) is 7.19. The van der Waals surface area contributed by atoms with Gasteiger partial charge in [0.15, 0.2) is 5.13 Å². The summed E-state index contributed by atoms with van der Waals surface area (Å²) >= 11 is 1.25. The fourth-order valence-corrected chi connectivity index (χ4v) is 3.33. The molecule has 1 aromatic rings. The number of amides is 3. The van der Waals surface area contributed by atoms with Crippen molar-refractivity contribution >= 4 is 34.2 Å². The van der Waals surface area contributed by atoms with Crippen molar-refractivity contribution in [1.82, 2.24) is 20.1 Å². The van der Waals surface area contributed by atoms with Crippen LogP contribution in [0, 0.1) is 0 Å². The Labute approximate surface area is 119 Å². The van der Waals surface area contributed by atoms with Gasteiger partial charge in [-0.15, -0.1) is 0 Å². The maximum atomic E-state index is 12.5. The van der Waals surface area contributed by atoms with Crippen molar-refractivity contribution in [2.24, 2.45) is 0 Å². The van der Waals surface area contributed by atoms with E-state index >= 15 is 0 Å². The maximum Gasteiger partial charge on any atom is 0.317 e. The van der Waals surface area contributed by atoms with Gasteiger partial charge in [0.2, 0.25) is 0 Å². The van der Waals surface area contributed by atoms with Crippen molar-refractivity contribution in [1.29, 1.82) is 0 Å². The van der Waals surface area contributed by atoms with Crippen molar-refractivity contribution in [2.45, 2.75) is 6.04 Å². The minimum Gasteiger partial charge on any atom is -0.382 e. The number of anilines is 2. The number of hydrogen-bond donors (Lipinski definition) is 3. The van der Waals surface area contributed by atoms with Gasteiger partial charge in [-0.2, -0.15) is 0 Å². The summed E-state index contributed by atoms with van der Waals surface area (Å²) < 4.78 is 0. The molecule has 4 N–H and O–H groups in total. The van der Waals surface area contributed by atoms with E-state index in [0.29, 0.717) is 36.2 Å². The van der Waals surface area contributed by atoms with Gasteiger partial charge in [0.1, 0.15) is 10.7 Å². The van der Waals surface area contributed by atoms with Crippen LogP contribution in [0.3, 0.4) is 0 Å². The number of fused-ring (bicyclic) bond motifs is 1. The predicted octanol–water partition coefficient (Wildman–Crippen LogP) is -0.383. The van der Waals surface area contributed by atoms with Gasteiger partial charge in [0.05, 0.1) is 6.04 Å². The van der Waals surface area contributed by atoms with Crippen molar-refractivity contribution in [3.05, 3.63) is 4.88 Å². The van der Waals surface area contributed by atoms with E-state index in [4.69, 9.17) is 5.73 Å². The van der Waals surface area contributed by atoms with Gasteiger partial charge in [0.25, 0.3) is 5.91 Å². The smallest absolute Gasteiger partial charge is 0.317 e. The number of aromatic nitrogens is 1.